The fourth-order valence-corrected chi connectivity index (χ4v) is 3.08. The molecule has 0 aromatic heterocycles. The average molecular weight is 408 g/mol. The van der Waals surface area contributed by atoms with Crippen LogP contribution in [0.5, 0.6) is 0 Å². The molecule has 148 valence electrons. The molecule has 0 bridgehead atoms. The van der Waals surface area contributed by atoms with Gasteiger partial charge in [0, 0.05) is 11.1 Å². The Labute approximate surface area is 178 Å². The van der Waals surface area contributed by atoms with Crippen LogP contribution in [-0.4, -0.2) is 22.2 Å². The zero-order chi connectivity index (χ0) is 19.0. The Morgan fingerprint density at radius 1 is 0.778 bits per heavy atom. The maximum atomic E-state index is 9.60. The molecule has 0 unspecified atom stereocenters. The van der Waals surface area contributed by atoms with E-state index in [4.69, 9.17) is 10.2 Å². The number of fused-ring (bicyclic) bond motifs is 3. The van der Waals surface area contributed by atoms with Gasteiger partial charge in [-0.1, -0.05) is 64.5 Å². The van der Waals surface area contributed by atoms with Crippen LogP contribution in [0, 0.1) is 7.43 Å². The Hall–Kier alpha value is -1.52. The molecular weight excluding hydrogens is 376 g/mol. The van der Waals surface area contributed by atoms with Crippen molar-refractivity contribution in [3.8, 4) is 0 Å². The predicted molar refractivity (Wildman–Crippen MR) is 107 cm³/mol. The number of carboxylic acids is 2. The molecule has 4 nitrogen and oxygen atoms in total. The summed E-state index contributed by atoms with van der Waals surface area (Å²) in [5.74, 6) is -1.87. The van der Waals surface area contributed by atoms with Gasteiger partial charge in [0.25, 0.3) is 0 Å². The van der Waals surface area contributed by atoms with Crippen molar-refractivity contribution < 1.29 is 41.5 Å². The van der Waals surface area contributed by atoms with Crippen LogP contribution in [0.1, 0.15) is 61.8 Å². The van der Waals surface area contributed by atoms with E-state index in [9.17, 15) is 9.59 Å². The monoisotopic (exact) mass is 408 g/mol. The molecular formula is C22H32O4Ti. The van der Waals surface area contributed by atoms with Gasteiger partial charge in [-0.15, -0.1) is 0 Å². The summed E-state index contributed by atoms with van der Waals surface area (Å²) in [4.78, 5) is 19.2. The molecule has 0 fully saturated rings. The first-order valence-corrected chi connectivity index (χ1v) is 8.80. The Bertz CT molecular complexity index is 577. The van der Waals surface area contributed by atoms with Crippen LogP contribution >= 0.6 is 0 Å². The van der Waals surface area contributed by atoms with Crippen molar-refractivity contribution in [2.45, 2.75) is 65.2 Å². The molecule has 0 spiro atoms. The molecule has 0 radical (unpaired) electrons. The van der Waals surface area contributed by atoms with Gasteiger partial charge in [0.15, 0.2) is 0 Å². The van der Waals surface area contributed by atoms with Crippen LogP contribution < -0.4 is 0 Å². The molecule has 0 saturated carbocycles. The first-order chi connectivity index (χ1) is 11.7. The smallest absolute Gasteiger partial charge is 0.478 e. The van der Waals surface area contributed by atoms with Crippen molar-refractivity contribution in [3.63, 3.8) is 0 Å². The molecule has 0 amide bonds. The van der Waals surface area contributed by atoms with Crippen molar-refractivity contribution >= 4 is 11.9 Å². The van der Waals surface area contributed by atoms with Crippen molar-refractivity contribution in [2.75, 3.05) is 0 Å². The third kappa shape index (κ3) is 9.30. The average Bonchev–Trinajstić information content (AvgIpc) is 2.94. The summed E-state index contributed by atoms with van der Waals surface area (Å²) in [6, 6.07) is 2.52. The van der Waals surface area contributed by atoms with Crippen LogP contribution in [0.2, 0.25) is 0 Å². The van der Waals surface area contributed by atoms with E-state index in [-0.39, 0.29) is 40.3 Å². The number of carboxylic acid groups (broad SMARTS) is 2. The minimum atomic E-state index is -0.935. The van der Waals surface area contributed by atoms with E-state index in [1.807, 2.05) is 0 Å². The van der Waals surface area contributed by atoms with E-state index in [1.54, 1.807) is 22.3 Å². The maximum absolute atomic E-state index is 9.60. The minimum absolute atomic E-state index is 0. The van der Waals surface area contributed by atoms with Gasteiger partial charge in [-0.2, -0.15) is 28.3 Å². The topological polar surface area (TPSA) is 74.6 Å². The standard InChI is InChI=1S/C13H17.2C4H6O2.CH3.Ti/c1-3-7-12-10(5-1)9-11-6-2-4-8-13(11)12;2*1-3(2)4(5)6;;/h9H,1-8H2;2*1H2,2H3,(H,5,6);1H3;/q-1;;;-1;+2. The Morgan fingerprint density at radius 3 is 1.30 bits per heavy atom. The zero-order valence-electron chi connectivity index (χ0n) is 16.9. The van der Waals surface area contributed by atoms with Crippen LogP contribution in [0.15, 0.2) is 30.4 Å². The van der Waals surface area contributed by atoms with Gasteiger partial charge in [0.05, 0.1) is 0 Å². The Balaban J connectivity index is 0. The van der Waals surface area contributed by atoms with Gasteiger partial charge in [0.1, 0.15) is 0 Å². The second kappa shape index (κ2) is 13.6. The van der Waals surface area contributed by atoms with Gasteiger partial charge in [0.2, 0.25) is 0 Å². The third-order valence-electron chi connectivity index (χ3n) is 4.46. The quantitative estimate of drug-likeness (QED) is 0.415. The molecule has 5 heteroatoms. The van der Waals surface area contributed by atoms with Crippen molar-refractivity contribution in [2.24, 2.45) is 0 Å². The summed E-state index contributed by atoms with van der Waals surface area (Å²) < 4.78 is 0. The molecule has 1 aromatic rings. The van der Waals surface area contributed by atoms with E-state index in [0.717, 1.165) is 0 Å². The van der Waals surface area contributed by atoms with Gasteiger partial charge in [-0.25, -0.2) is 9.59 Å². The number of aliphatic carboxylic acids is 2. The summed E-state index contributed by atoms with van der Waals surface area (Å²) in [5, 5.41) is 15.8. The van der Waals surface area contributed by atoms with E-state index in [0.29, 0.717) is 0 Å². The van der Waals surface area contributed by atoms with Gasteiger partial charge in [-0.3, -0.25) is 0 Å². The van der Waals surface area contributed by atoms with Crippen LogP contribution in [0.3, 0.4) is 0 Å². The summed E-state index contributed by atoms with van der Waals surface area (Å²) >= 11 is 0. The second-order valence-corrected chi connectivity index (χ2v) is 6.74. The first-order valence-electron chi connectivity index (χ1n) is 8.80. The summed E-state index contributed by atoms with van der Waals surface area (Å²) in [6.07, 6.45) is 11.2. The summed E-state index contributed by atoms with van der Waals surface area (Å²) in [5.41, 5.74) is 7.29. The first kappa shape index (κ1) is 27.7. The molecule has 3 rings (SSSR count). The van der Waals surface area contributed by atoms with Gasteiger partial charge in [-0.05, 0) is 13.8 Å². The van der Waals surface area contributed by atoms with E-state index >= 15 is 0 Å². The van der Waals surface area contributed by atoms with Crippen LogP contribution in [0.4, 0.5) is 0 Å². The second-order valence-electron chi connectivity index (χ2n) is 6.74. The number of hydrogen-bond acceptors (Lipinski definition) is 2. The molecule has 0 heterocycles. The SMILES string of the molecule is C=C(C)C(=O)O.C=C(C)C(=O)O.[CH3-].[Ti+2].[cH-]1c2c(c3c1CCCC3)CCCC2. The predicted octanol–water partition coefficient (Wildman–Crippen LogP) is 4.91. The fourth-order valence-electron chi connectivity index (χ4n) is 3.08. The van der Waals surface area contributed by atoms with Gasteiger partial charge < -0.3 is 17.6 Å². The molecule has 2 aliphatic carbocycles. The van der Waals surface area contributed by atoms with Crippen LogP contribution in [0.25, 0.3) is 0 Å². The third-order valence-corrected chi connectivity index (χ3v) is 4.46. The largest absolute Gasteiger partial charge is 2.00 e. The Morgan fingerprint density at radius 2 is 1.04 bits per heavy atom. The van der Waals surface area contributed by atoms with Crippen molar-refractivity contribution in [1.82, 2.24) is 0 Å². The minimum Gasteiger partial charge on any atom is -0.478 e. The summed E-state index contributed by atoms with van der Waals surface area (Å²) in [7, 11) is 0. The summed E-state index contributed by atoms with van der Waals surface area (Å²) in [6.45, 7) is 9.20. The number of aryl methyl sites for hydroxylation is 2. The molecule has 2 N–H and O–H groups in total. The number of hydrogen-bond donors (Lipinski definition) is 2. The van der Waals surface area contributed by atoms with E-state index < -0.39 is 11.9 Å². The van der Waals surface area contributed by atoms with Gasteiger partial charge >= 0.3 is 33.7 Å². The molecule has 2 aliphatic rings. The van der Waals surface area contributed by atoms with Crippen LogP contribution in [-0.2, 0) is 57.0 Å². The normalized spacial score (nSPS) is 13.4. The number of rotatable bonds is 2. The van der Waals surface area contributed by atoms with Crippen molar-refractivity contribution in [3.05, 3.63) is 60.1 Å². The molecule has 27 heavy (non-hydrogen) atoms. The molecule has 0 saturated heterocycles. The van der Waals surface area contributed by atoms with E-state index in [2.05, 4.69) is 19.2 Å². The van der Waals surface area contributed by atoms with Crippen molar-refractivity contribution in [1.29, 1.82) is 0 Å². The number of carbonyl (C=O) groups is 2. The zero-order valence-corrected chi connectivity index (χ0v) is 18.4. The maximum Gasteiger partial charge on any atom is 2.00 e. The molecule has 0 aliphatic heterocycles. The van der Waals surface area contributed by atoms with E-state index in [1.165, 1.54) is 65.2 Å². The molecule has 0 atom stereocenters. The molecule has 1 aromatic carbocycles. The Kier molecular flexibility index (Phi) is 14.0. The fraction of sp³-hybridized carbons (Fsp3) is 0.455.